The zero-order valence-electron chi connectivity index (χ0n) is 11.7. The molecule has 114 valence electrons. The van der Waals surface area contributed by atoms with Crippen molar-refractivity contribution in [3.8, 4) is 0 Å². The van der Waals surface area contributed by atoms with Gasteiger partial charge in [0, 0.05) is 15.5 Å². The molecule has 1 atom stereocenters. The Morgan fingerprint density at radius 1 is 1.23 bits per heavy atom. The molecule has 2 nitrogen and oxygen atoms in total. The molecule has 0 radical (unpaired) electrons. The zero-order valence-corrected chi connectivity index (χ0v) is 14.0. The first-order chi connectivity index (χ1) is 10.5. The minimum Gasteiger partial charge on any atom is -0.352 e. The lowest BCUT2D eigenvalue weighted by Crippen LogP contribution is -2.36. The molecule has 0 aliphatic heterocycles. The highest BCUT2D eigenvalue weighted by Gasteiger charge is 2.23. The molecule has 2 aromatic carbocycles. The summed E-state index contributed by atoms with van der Waals surface area (Å²) in [4.78, 5) is 12.1. The first kappa shape index (κ1) is 15.5. The molecular weight excluding hydrogens is 369 g/mol. The summed E-state index contributed by atoms with van der Waals surface area (Å²) in [5.41, 5.74) is 2.82. The molecule has 1 N–H and O–H groups in total. The summed E-state index contributed by atoms with van der Waals surface area (Å²) in [6.45, 7) is 0. The first-order valence-electron chi connectivity index (χ1n) is 7.02. The number of halogens is 3. The molecule has 0 spiro atoms. The van der Waals surface area contributed by atoms with Crippen LogP contribution in [0.2, 0.25) is 5.02 Å². The van der Waals surface area contributed by atoms with E-state index in [1.165, 1.54) is 29.3 Å². The predicted molar refractivity (Wildman–Crippen MR) is 88.6 cm³/mol. The maximum atomic E-state index is 13.7. The Morgan fingerprint density at radius 2 is 2.00 bits per heavy atom. The third-order valence-corrected chi connectivity index (χ3v) is 4.55. The van der Waals surface area contributed by atoms with Crippen molar-refractivity contribution in [3.05, 3.63) is 68.4 Å². The topological polar surface area (TPSA) is 29.1 Å². The Balaban J connectivity index is 1.63. The van der Waals surface area contributed by atoms with Gasteiger partial charge in [-0.05, 0) is 59.9 Å². The lowest BCUT2D eigenvalue weighted by atomic mass is 10.1. The average molecular weight is 383 g/mol. The average Bonchev–Trinajstić information content (AvgIpc) is 2.84. The van der Waals surface area contributed by atoms with Crippen molar-refractivity contribution in [2.75, 3.05) is 0 Å². The lowest BCUT2D eigenvalue weighted by molar-refractivity contribution is -0.121. The summed E-state index contributed by atoms with van der Waals surface area (Å²) in [5, 5.41) is 3.41. The van der Waals surface area contributed by atoms with E-state index in [9.17, 15) is 9.18 Å². The van der Waals surface area contributed by atoms with Crippen LogP contribution in [0.5, 0.6) is 0 Å². The molecule has 0 fully saturated rings. The van der Waals surface area contributed by atoms with Crippen molar-refractivity contribution >= 4 is 33.4 Å². The first-order valence-corrected chi connectivity index (χ1v) is 8.19. The highest BCUT2D eigenvalue weighted by atomic mass is 79.9. The summed E-state index contributed by atoms with van der Waals surface area (Å²) in [7, 11) is 0. The number of carbonyl (C=O) groups excluding carboxylic acids is 1. The predicted octanol–water partition coefficient (Wildman–Crippen LogP) is 4.07. The van der Waals surface area contributed by atoms with Crippen LogP contribution in [0.4, 0.5) is 4.39 Å². The van der Waals surface area contributed by atoms with Gasteiger partial charge in [0.05, 0.1) is 6.42 Å². The maximum Gasteiger partial charge on any atom is 0.224 e. The van der Waals surface area contributed by atoms with Gasteiger partial charge >= 0.3 is 0 Å². The van der Waals surface area contributed by atoms with Crippen LogP contribution in [0.1, 0.15) is 16.7 Å². The molecule has 0 heterocycles. The van der Waals surface area contributed by atoms with E-state index < -0.39 is 5.82 Å². The van der Waals surface area contributed by atoms with E-state index in [0.717, 1.165) is 17.3 Å². The van der Waals surface area contributed by atoms with Gasteiger partial charge in [0.15, 0.2) is 0 Å². The van der Waals surface area contributed by atoms with E-state index in [1.54, 1.807) is 0 Å². The molecule has 1 aliphatic carbocycles. The van der Waals surface area contributed by atoms with Gasteiger partial charge in [0.2, 0.25) is 5.91 Å². The van der Waals surface area contributed by atoms with Crippen molar-refractivity contribution in [2.45, 2.75) is 25.3 Å². The van der Waals surface area contributed by atoms with E-state index in [1.807, 2.05) is 6.07 Å². The SMILES string of the molecule is O=C(Cc1cc(Cl)ccc1F)NC1Cc2ccc(Br)cc2C1. The number of hydrogen-bond donors (Lipinski definition) is 1. The molecule has 0 aromatic heterocycles. The van der Waals surface area contributed by atoms with Crippen LogP contribution in [0, 0.1) is 5.82 Å². The minimum absolute atomic E-state index is 0.00291. The van der Waals surface area contributed by atoms with Gasteiger partial charge in [0.1, 0.15) is 5.82 Å². The molecule has 0 saturated heterocycles. The van der Waals surface area contributed by atoms with Crippen molar-refractivity contribution in [1.29, 1.82) is 0 Å². The summed E-state index contributed by atoms with van der Waals surface area (Å²) < 4.78 is 14.7. The normalized spacial score (nSPS) is 16.4. The fourth-order valence-corrected chi connectivity index (χ4v) is 3.42. The van der Waals surface area contributed by atoms with Crippen LogP contribution in [-0.2, 0) is 24.1 Å². The molecular formula is C17H14BrClFNO. The highest BCUT2D eigenvalue weighted by Crippen LogP contribution is 2.25. The van der Waals surface area contributed by atoms with Crippen molar-refractivity contribution in [3.63, 3.8) is 0 Å². The van der Waals surface area contributed by atoms with E-state index in [4.69, 9.17) is 11.6 Å². The van der Waals surface area contributed by atoms with Crippen LogP contribution in [0.25, 0.3) is 0 Å². The second kappa shape index (κ2) is 6.39. The smallest absolute Gasteiger partial charge is 0.224 e. The monoisotopic (exact) mass is 381 g/mol. The zero-order chi connectivity index (χ0) is 15.7. The van der Waals surface area contributed by atoms with Crippen LogP contribution in [-0.4, -0.2) is 11.9 Å². The summed E-state index contributed by atoms with van der Waals surface area (Å²) in [5.74, 6) is -0.587. The van der Waals surface area contributed by atoms with Gasteiger partial charge < -0.3 is 5.32 Å². The Labute approximate surface area is 141 Å². The van der Waals surface area contributed by atoms with E-state index in [-0.39, 0.29) is 18.4 Å². The van der Waals surface area contributed by atoms with Gasteiger partial charge in [-0.1, -0.05) is 33.6 Å². The second-order valence-electron chi connectivity index (χ2n) is 5.50. The lowest BCUT2D eigenvalue weighted by Gasteiger charge is -2.12. The standard InChI is InChI=1S/C17H14BrClFNO/c18-13-2-1-10-7-15(8-11(10)5-13)21-17(22)9-12-6-14(19)3-4-16(12)20/h1-6,15H,7-9H2,(H,21,22). The third kappa shape index (κ3) is 3.50. The van der Waals surface area contributed by atoms with Crippen LogP contribution < -0.4 is 5.32 Å². The Morgan fingerprint density at radius 3 is 2.82 bits per heavy atom. The van der Waals surface area contributed by atoms with Gasteiger partial charge in [-0.25, -0.2) is 4.39 Å². The molecule has 2 aromatic rings. The number of carbonyl (C=O) groups is 1. The molecule has 1 aliphatic rings. The van der Waals surface area contributed by atoms with Gasteiger partial charge in [0.25, 0.3) is 0 Å². The van der Waals surface area contributed by atoms with Crippen LogP contribution in [0.15, 0.2) is 40.9 Å². The molecule has 1 amide bonds. The second-order valence-corrected chi connectivity index (χ2v) is 6.85. The van der Waals surface area contributed by atoms with Gasteiger partial charge in [-0.3, -0.25) is 4.79 Å². The highest BCUT2D eigenvalue weighted by molar-refractivity contribution is 9.10. The Hall–Kier alpha value is -1.39. The number of benzene rings is 2. The fourth-order valence-electron chi connectivity index (χ4n) is 2.82. The largest absolute Gasteiger partial charge is 0.352 e. The molecule has 22 heavy (non-hydrogen) atoms. The molecule has 1 unspecified atom stereocenters. The summed E-state index contributed by atoms with van der Waals surface area (Å²) in [6.07, 6.45) is 1.62. The van der Waals surface area contributed by atoms with Crippen molar-refractivity contribution in [1.82, 2.24) is 5.32 Å². The Kier molecular flexibility index (Phi) is 4.50. The van der Waals surface area contributed by atoms with Gasteiger partial charge in [-0.2, -0.15) is 0 Å². The quantitative estimate of drug-likeness (QED) is 0.852. The molecule has 5 heteroatoms. The van der Waals surface area contributed by atoms with Crippen molar-refractivity contribution in [2.24, 2.45) is 0 Å². The van der Waals surface area contributed by atoms with Crippen LogP contribution >= 0.6 is 27.5 Å². The number of amides is 1. The van der Waals surface area contributed by atoms with E-state index in [2.05, 4.69) is 33.4 Å². The van der Waals surface area contributed by atoms with Crippen molar-refractivity contribution < 1.29 is 9.18 Å². The maximum absolute atomic E-state index is 13.7. The van der Waals surface area contributed by atoms with E-state index in [0.29, 0.717) is 10.6 Å². The number of fused-ring (bicyclic) bond motifs is 1. The minimum atomic E-state index is -0.404. The molecule has 0 bridgehead atoms. The summed E-state index contributed by atoms with van der Waals surface area (Å²) in [6, 6.07) is 10.5. The van der Waals surface area contributed by atoms with Crippen LogP contribution in [0.3, 0.4) is 0 Å². The van der Waals surface area contributed by atoms with Gasteiger partial charge in [-0.15, -0.1) is 0 Å². The fraction of sp³-hybridized carbons (Fsp3) is 0.235. The molecule has 3 rings (SSSR count). The number of hydrogen-bond acceptors (Lipinski definition) is 1. The van der Waals surface area contributed by atoms with E-state index >= 15 is 0 Å². The third-order valence-electron chi connectivity index (χ3n) is 3.82. The number of nitrogens with one attached hydrogen (secondary N) is 1. The Bertz CT molecular complexity index is 735. The molecule has 0 saturated carbocycles. The summed E-state index contributed by atoms with van der Waals surface area (Å²) >= 11 is 9.30. The number of rotatable bonds is 3.